The Morgan fingerprint density at radius 1 is 1.08 bits per heavy atom. The quantitative estimate of drug-likeness (QED) is 0.323. The van der Waals surface area contributed by atoms with Gasteiger partial charge in [-0.25, -0.2) is 4.79 Å². The molecule has 0 N–H and O–H groups in total. The van der Waals surface area contributed by atoms with E-state index in [1.807, 2.05) is 24.3 Å². The summed E-state index contributed by atoms with van der Waals surface area (Å²) < 4.78 is 57.2. The second kappa shape index (κ2) is 8.89. The van der Waals surface area contributed by atoms with Gasteiger partial charge in [0.2, 0.25) is 0 Å². The first-order valence-electron chi connectivity index (χ1n) is 11.3. The van der Waals surface area contributed by atoms with E-state index in [0.717, 1.165) is 23.3 Å². The Bertz CT molecular complexity index is 1350. The molecule has 1 fully saturated rings. The average Bonchev–Trinajstić information content (AvgIpc) is 3.33. The van der Waals surface area contributed by atoms with Gasteiger partial charge in [-0.1, -0.05) is 30.3 Å². The molecule has 0 bridgehead atoms. The maximum absolute atomic E-state index is 13.7. The molecule has 1 amide bonds. The Morgan fingerprint density at radius 2 is 1.86 bits per heavy atom. The van der Waals surface area contributed by atoms with Crippen molar-refractivity contribution in [3.05, 3.63) is 82.9 Å². The van der Waals surface area contributed by atoms with Crippen molar-refractivity contribution in [3.8, 4) is 22.6 Å². The zero-order valence-corrected chi connectivity index (χ0v) is 19.5. The Kier molecular flexibility index (Phi) is 5.86. The van der Waals surface area contributed by atoms with Crippen molar-refractivity contribution in [2.45, 2.75) is 38.2 Å². The first-order valence-corrected chi connectivity index (χ1v) is 11.3. The van der Waals surface area contributed by atoms with E-state index in [1.165, 1.54) is 37.1 Å². The molecule has 0 unspecified atom stereocenters. The summed E-state index contributed by atoms with van der Waals surface area (Å²) in [5.74, 6) is 0.0547. The maximum Gasteiger partial charge on any atom is 0.416 e. The van der Waals surface area contributed by atoms with Gasteiger partial charge in [-0.15, -0.1) is 0 Å². The molecule has 9 heteroatoms. The number of hydrogen-bond acceptors (Lipinski definition) is 5. The van der Waals surface area contributed by atoms with Crippen LogP contribution in [-0.2, 0) is 28.7 Å². The molecular weight excluding hydrogens is 475 g/mol. The van der Waals surface area contributed by atoms with Gasteiger partial charge < -0.3 is 14.2 Å². The number of amides is 1. The van der Waals surface area contributed by atoms with E-state index in [9.17, 15) is 22.8 Å². The highest BCUT2D eigenvalue weighted by atomic mass is 19.4. The molecule has 3 aromatic carbocycles. The van der Waals surface area contributed by atoms with Crippen molar-refractivity contribution in [2.75, 3.05) is 7.11 Å². The van der Waals surface area contributed by atoms with E-state index < -0.39 is 35.9 Å². The fraction of sp³-hybridized carbons (Fsp3) is 0.259. The highest BCUT2D eigenvalue weighted by Crippen LogP contribution is 2.45. The molecule has 2 atom stereocenters. The van der Waals surface area contributed by atoms with E-state index in [2.05, 4.69) is 0 Å². The summed E-state index contributed by atoms with van der Waals surface area (Å²) in [5.41, 5.74) is 2.23. The van der Waals surface area contributed by atoms with Crippen molar-refractivity contribution in [3.63, 3.8) is 0 Å². The van der Waals surface area contributed by atoms with E-state index in [0.29, 0.717) is 23.3 Å². The van der Waals surface area contributed by atoms with Crippen molar-refractivity contribution >= 4 is 12.1 Å². The molecule has 186 valence electrons. The van der Waals surface area contributed by atoms with Gasteiger partial charge in [-0.2, -0.15) is 13.2 Å². The third-order valence-electron chi connectivity index (χ3n) is 6.47. The Hall–Kier alpha value is -4.01. The van der Waals surface area contributed by atoms with Gasteiger partial charge in [0.1, 0.15) is 17.6 Å². The molecular formula is C27H22F3NO5. The SMILES string of the molecule is COc1ccc(OC(C)=O)cc1-c1ccc(C(F)(F)F)cc1CN1C(=O)O[C@H]2Cc3ccccc3[C@H]21. The van der Waals surface area contributed by atoms with Gasteiger partial charge in [0.05, 0.1) is 25.3 Å². The van der Waals surface area contributed by atoms with E-state index in [4.69, 9.17) is 14.2 Å². The second-order valence-electron chi connectivity index (χ2n) is 8.72. The maximum atomic E-state index is 13.7. The molecule has 5 rings (SSSR count). The number of alkyl halides is 3. The Labute approximate surface area is 205 Å². The zero-order valence-electron chi connectivity index (χ0n) is 19.5. The van der Waals surface area contributed by atoms with E-state index >= 15 is 0 Å². The summed E-state index contributed by atoms with van der Waals surface area (Å²) in [6.45, 7) is 1.14. The number of ether oxygens (including phenoxy) is 3. The molecule has 36 heavy (non-hydrogen) atoms. The summed E-state index contributed by atoms with van der Waals surface area (Å²) in [6.07, 6.45) is -5.00. The van der Waals surface area contributed by atoms with Crippen LogP contribution in [0.4, 0.5) is 18.0 Å². The number of benzene rings is 3. The monoisotopic (exact) mass is 497 g/mol. The zero-order chi connectivity index (χ0) is 25.6. The predicted octanol–water partition coefficient (Wildman–Crippen LogP) is 5.92. The minimum Gasteiger partial charge on any atom is -0.496 e. The largest absolute Gasteiger partial charge is 0.496 e. The van der Waals surface area contributed by atoms with Gasteiger partial charge in [-0.3, -0.25) is 9.69 Å². The molecule has 2 aliphatic rings. The van der Waals surface area contributed by atoms with Crippen LogP contribution in [0.5, 0.6) is 11.5 Å². The molecule has 1 heterocycles. The highest BCUT2D eigenvalue weighted by Gasteiger charge is 2.47. The molecule has 3 aromatic rings. The van der Waals surface area contributed by atoms with Gasteiger partial charge in [0.15, 0.2) is 0 Å². The summed E-state index contributed by atoms with van der Waals surface area (Å²) in [4.78, 5) is 25.8. The average molecular weight is 497 g/mol. The lowest BCUT2D eigenvalue weighted by Crippen LogP contribution is -2.28. The van der Waals surface area contributed by atoms with Gasteiger partial charge >= 0.3 is 18.2 Å². The van der Waals surface area contributed by atoms with Crippen LogP contribution in [0.25, 0.3) is 11.1 Å². The van der Waals surface area contributed by atoms with Crippen LogP contribution in [0.1, 0.15) is 35.2 Å². The van der Waals surface area contributed by atoms with Crippen molar-refractivity contribution < 1.29 is 37.0 Å². The lowest BCUT2D eigenvalue weighted by Gasteiger charge is -2.24. The fourth-order valence-electron chi connectivity index (χ4n) is 4.96. The molecule has 6 nitrogen and oxygen atoms in total. The number of esters is 1. The molecule has 0 spiro atoms. The van der Waals surface area contributed by atoms with Gasteiger partial charge in [0, 0.05) is 18.9 Å². The van der Waals surface area contributed by atoms with Crippen molar-refractivity contribution in [1.82, 2.24) is 4.90 Å². The van der Waals surface area contributed by atoms with Crippen LogP contribution in [0.15, 0.2) is 60.7 Å². The van der Waals surface area contributed by atoms with Gasteiger partial charge in [-0.05, 0) is 52.6 Å². The lowest BCUT2D eigenvalue weighted by atomic mass is 9.95. The molecule has 0 radical (unpaired) electrons. The number of fused-ring (bicyclic) bond motifs is 3. The summed E-state index contributed by atoms with van der Waals surface area (Å²) in [6, 6.07) is 15.2. The third-order valence-corrected chi connectivity index (χ3v) is 6.47. The predicted molar refractivity (Wildman–Crippen MR) is 123 cm³/mol. The molecule has 0 aromatic heterocycles. The minimum absolute atomic E-state index is 0.117. The number of carbonyl (C=O) groups is 2. The topological polar surface area (TPSA) is 65.1 Å². The van der Waals surface area contributed by atoms with Crippen molar-refractivity contribution in [1.29, 1.82) is 0 Å². The van der Waals surface area contributed by atoms with Crippen molar-refractivity contribution in [2.24, 2.45) is 0 Å². The molecule has 1 aliphatic heterocycles. The summed E-state index contributed by atoms with van der Waals surface area (Å²) in [7, 11) is 1.44. The van der Waals surface area contributed by atoms with E-state index in [-0.39, 0.29) is 17.9 Å². The normalized spacial score (nSPS) is 18.5. The molecule has 0 saturated carbocycles. The first-order chi connectivity index (χ1) is 17.2. The fourth-order valence-corrected chi connectivity index (χ4v) is 4.96. The lowest BCUT2D eigenvalue weighted by molar-refractivity contribution is -0.137. The van der Waals surface area contributed by atoms with Crippen LogP contribution in [0.2, 0.25) is 0 Å². The summed E-state index contributed by atoms with van der Waals surface area (Å²) >= 11 is 0. The highest BCUT2D eigenvalue weighted by molar-refractivity contribution is 5.78. The van der Waals surface area contributed by atoms with E-state index in [1.54, 1.807) is 6.07 Å². The molecule has 1 saturated heterocycles. The Morgan fingerprint density at radius 3 is 2.58 bits per heavy atom. The first kappa shape index (κ1) is 23.7. The van der Waals surface area contributed by atoms with Crippen LogP contribution < -0.4 is 9.47 Å². The van der Waals surface area contributed by atoms with Crippen LogP contribution in [0.3, 0.4) is 0 Å². The Balaban J connectivity index is 1.61. The number of carbonyl (C=O) groups excluding carboxylic acids is 2. The number of rotatable bonds is 5. The number of nitrogens with zero attached hydrogens (tertiary/aromatic N) is 1. The standard InChI is InChI=1S/C27H22F3NO5/c1-15(32)35-19-8-10-23(34-2)22(13-19)20-9-7-18(27(28,29)30)11-17(20)14-31-25-21-6-4-3-5-16(21)12-24(25)36-26(31)33/h3-11,13,24-25H,12,14H2,1-2H3/t24-,25+/m0/s1. The van der Waals surface area contributed by atoms with Crippen LogP contribution in [-0.4, -0.2) is 30.2 Å². The van der Waals surface area contributed by atoms with Gasteiger partial charge in [0.25, 0.3) is 0 Å². The second-order valence-corrected chi connectivity index (χ2v) is 8.72. The summed E-state index contributed by atoms with van der Waals surface area (Å²) in [5, 5.41) is 0. The van der Waals surface area contributed by atoms with Crippen LogP contribution >= 0.6 is 0 Å². The minimum atomic E-state index is -4.58. The molecule has 1 aliphatic carbocycles. The smallest absolute Gasteiger partial charge is 0.416 e. The number of methoxy groups -OCH3 is 1. The number of halogens is 3. The number of hydrogen-bond donors (Lipinski definition) is 0. The van der Waals surface area contributed by atoms with Crippen LogP contribution in [0, 0.1) is 0 Å². The third kappa shape index (κ3) is 4.25.